The number of sulfonamides is 1. The van der Waals surface area contributed by atoms with Gasteiger partial charge >= 0.3 is 6.03 Å². The third-order valence-corrected chi connectivity index (χ3v) is 7.37. The van der Waals surface area contributed by atoms with Crippen LogP contribution in [-0.2, 0) is 14.8 Å². The minimum atomic E-state index is -3.53. The number of carbonyl (C=O) groups is 2. The largest absolute Gasteiger partial charge is 0.505 e. The second kappa shape index (κ2) is 10.1. The molecule has 1 saturated heterocycles. The molecule has 1 aromatic rings. The molecular formula is C20H26B2ClN3O5S. The number of urea groups is 1. The molecule has 1 aliphatic carbocycles. The molecule has 12 heteroatoms. The Morgan fingerprint density at radius 3 is 2.62 bits per heavy atom. The number of ether oxygens (including phenoxy) is 1. The van der Waals surface area contributed by atoms with Gasteiger partial charge in [0, 0.05) is 18.0 Å². The van der Waals surface area contributed by atoms with Crippen molar-refractivity contribution in [2.45, 2.75) is 50.5 Å². The number of nitrogens with zero attached hydrogens (tertiary/aromatic N) is 1. The Morgan fingerprint density at radius 1 is 1.28 bits per heavy atom. The molecule has 1 saturated carbocycles. The molecule has 3 rings (SSSR count). The van der Waals surface area contributed by atoms with Crippen LogP contribution in [0.5, 0.6) is 5.75 Å². The molecule has 8 nitrogen and oxygen atoms in total. The van der Waals surface area contributed by atoms with Crippen LogP contribution in [0.15, 0.2) is 18.2 Å². The summed E-state index contributed by atoms with van der Waals surface area (Å²) in [5, 5.41) is 1.24. The van der Waals surface area contributed by atoms with Gasteiger partial charge < -0.3 is 9.64 Å². The number of halogens is 1. The SMILES string of the molecule is [B]C([B])(Oc1cc(C(C)NS(=O)(=O)CCCCCN2CC(=O)NC2=O)ccc1Cl)C1CC1. The number of amides is 3. The van der Waals surface area contributed by atoms with Crippen LogP contribution >= 0.6 is 11.6 Å². The molecule has 170 valence electrons. The summed E-state index contributed by atoms with van der Waals surface area (Å²) in [4.78, 5) is 24.0. The van der Waals surface area contributed by atoms with Crippen molar-refractivity contribution in [1.29, 1.82) is 0 Å². The van der Waals surface area contributed by atoms with E-state index in [1.165, 1.54) is 4.90 Å². The van der Waals surface area contributed by atoms with E-state index in [9.17, 15) is 18.0 Å². The Morgan fingerprint density at radius 2 is 2.00 bits per heavy atom. The lowest BCUT2D eigenvalue weighted by atomic mass is 9.62. The summed E-state index contributed by atoms with van der Waals surface area (Å²) in [6.45, 7) is 2.20. The van der Waals surface area contributed by atoms with E-state index in [4.69, 9.17) is 32.0 Å². The first-order chi connectivity index (χ1) is 15.0. The van der Waals surface area contributed by atoms with Crippen molar-refractivity contribution in [2.75, 3.05) is 18.8 Å². The van der Waals surface area contributed by atoms with E-state index in [1.54, 1.807) is 25.1 Å². The third-order valence-electron chi connectivity index (χ3n) is 5.52. The summed E-state index contributed by atoms with van der Waals surface area (Å²) in [6.07, 6.45) is 3.45. The van der Waals surface area contributed by atoms with Crippen molar-refractivity contribution >= 4 is 49.3 Å². The van der Waals surface area contributed by atoms with Crippen LogP contribution in [-0.4, -0.2) is 65.2 Å². The van der Waals surface area contributed by atoms with Crippen molar-refractivity contribution in [3.8, 4) is 5.75 Å². The topological polar surface area (TPSA) is 105 Å². The third kappa shape index (κ3) is 6.89. The van der Waals surface area contributed by atoms with Crippen molar-refractivity contribution in [1.82, 2.24) is 14.9 Å². The van der Waals surface area contributed by atoms with E-state index in [2.05, 4.69) is 10.0 Å². The fourth-order valence-corrected chi connectivity index (χ4v) is 5.04. The van der Waals surface area contributed by atoms with Crippen molar-refractivity contribution in [3.63, 3.8) is 0 Å². The van der Waals surface area contributed by atoms with Crippen LogP contribution in [0.4, 0.5) is 4.79 Å². The first-order valence-electron chi connectivity index (χ1n) is 10.6. The molecule has 4 radical (unpaired) electrons. The average molecular weight is 478 g/mol. The van der Waals surface area contributed by atoms with E-state index in [0.29, 0.717) is 42.1 Å². The van der Waals surface area contributed by atoms with E-state index in [0.717, 1.165) is 12.8 Å². The number of unbranched alkanes of at least 4 members (excludes halogenated alkanes) is 2. The maximum Gasteiger partial charge on any atom is 0.324 e. The minimum absolute atomic E-state index is 0.0458. The second-order valence-electron chi connectivity index (χ2n) is 8.41. The van der Waals surface area contributed by atoms with E-state index >= 15 is 0 Å². The maximum atomic E-state index is 12.5. The van der Waals surface area contributed by atoms with Gasteiger partial charge in [-0.25, -0.2) is 17.9 Å². The molecule has 1 aromatic carbocycles. The Balaban J connectivity index is 1.47. The average Bonchev–Trinajstić information content (AvgIpc) is 3.49. The number of rotatable bonds is 12. The maximum absolute atomic E-state index is 12.5. The van der Waals surface area contributed by atoms with Gasteiger partial charge in [0.05, 0.1) is 10.8 Å². The molecule has 1 unspecified atom stereocenters. The van der Waals surface area contributed by atoms with Gasteiger partial charge in [-0.1, -0.05) is 24.1 Å². The summed E-state index contributed by atoms with van der Waals surface area (Å²) in [5.41, 5.74) is 0.671. The molecule has 0 aromatic heterocycles. The molecular weight excluding hydrogens is 451 g/mol. The molecule has 1 atom stereocenters. The quantitative estimate of drug-likeness (QED) is 0.272. The summed E-state index contributed by atoms with van der Waals surface area (Å²) in [7, 11) is 8.53. The Kier molecular flexibility index (Phi) is 7.83. The summed E-state index contributed by atoms with van der Waals surface area (Å²) in [6, 6.07) is 4.08. The summed E-state index contributed by atoms with van der Waals surface area (Å²) >= 11 is 6.21. The van der Waals surface area contributed by atoms with Crippen LogP contribution < -0.4 is 14.8 Å². The second-order valence-corrected chi connectivity index (χ2v) is 10.7. The molecule has 2 aliphatic rings. The predicted molar refractivity (Wildman–Crippen MR) is 123 cm³/mol. The van der Waals surface area contributed by atoms with Crippen molar-refractivity contribution in [3.05, 3.63) is 28.8 Å². The Labute approximate surface area is 196 Å². The summed E-state index contributed by atoms with van der Waals surface area (Å²) in [5.74, 6) is 0.0215. The predicted octanol–water partition coefficient (Wildman–Crippen LogP) is 1.82. The standard InChI is InChI=1S/C20H26B2ClN3O5S/c1-13(14-5-8-16(23)17(11-14)31-20(21,22)15-6-7-15)25-32(29,30)10-4-2-3-9-26-12-18(27)24-19(26)28/h5,8,11,13,15,25H,2-4,6-7,9-10,12H2,1H3,(H,24,27,28). The van der Waals surface area contributed by atoms with Crippen LogP contribution in [0, 0.1) is 5.92 Å². The molecule has 3 amide bonds. The smallest absolute Gasteiger partial charge is 0.324 e. The highest BCUT2D eigenvalue weighted by Gasteiger charge is 2.38. The number of carbonyl (C=O) groups excluding carboxylic acids is 2. The van der Waals surface area contributed by atoms with E-state index in [1.807, 2.05) is 0 Å². The summed E-state index contributed by atoms with van der Waals surface area (Å²) < 4.78 is 33.3. The highest BCUT2D eigenvalue weighted by atomic mass is 35.5. The van der Waals surface area contributed by atoms with Gasteiger partial charge in [0.1, 0.15) is 28.0 Å². The van der Waals surface area contributed by atoms with Gasteiger partial charge in [0.2, 0.25) is 15.9 Å². The monoisotopic (exact) mass is 477 g/mol. The van der Waals surface area contributed by atoms with Crippen LogP contribution in [0.25, 0.3) is 0 Å². The van der Waals surface area contributed by atoms with Gasteiger partial charge in [0.25, 0.3) is 0 Å². The highest BCUT2D eigenvalue weighted by molar-refractivity contribution is 7.89. The number of hydrogen-bond donors (Lipinski definition) is 2. The van der Waals surface area contributed by atoms with Gasteiger partial charge in [-0.15, -0.1) is 0 Å². The molecule has 32 heavy (non-hydrogen) atoms. The zero-order valence-electron chi connectivity index (χ0n) is 18.0. The molecule has 2 fully saturated rings. The first-order valence-corrected chi connectivity index (χ1v) is 12.6. The molecule has 1 aliphatic heterocycles. The number of nitrogens with one attached hydrogen (secondary N) is 2. The van der Waals surface area contributed by atoms with Gasteiger partial charge in [-0.05, 0) is 56.2 Å². The molecule has 2 N–H and O–H groups in total. The highest BCUT2D eigenvalue weighted by Crippen LogP contribution is 2.40. The normalized spacial score (nSPS) is 18.0. The number of imide groups is 1. The Hall–Kier alpha value is -1.71. The minimum Gasteiger partial charge on any atom is -0.505 e. The van der Waals surface area contributed by atoms with Gasteiger partial charge in [-0.2, -0.15) is 0 Å². The van der Waals surface area contributed by atoms with Crippen molar-refractivity contribution < 1.29 is 22.7 Å². The number of hydrogen-bond acceptors (Lipinski definition) is 5. The van der Waals surface area contributed by atoms with E-state index < -0.39 is 27.5 Å². The molecule has 1 heterocycles. The molecule has 0 spiro atoms. The fraction of sp³-hybridized carbons (Fsp3) is 0.600. The lowest BCUT2D eigenvalue weighted by Gasteiger charge is -2.29. The fourth-order valence-electron chi connectivity index (χ4n) is 3.51. The van der Waals surface area contributed by atoms with Crippen LogP contribution in [0.3, 0.4) is 0 Å². The van der Waals surface area contributed by atoms with Crippen LogP contribution in [0.1, 0.15) is 50.6 Å². The van der Waals surface area contributed by atoms with Crippen LogP contribution in [0.2, 0.25) is 5.02 Å². The number of benzene rings is 1. The lowest BCUT2D eigenvalue weighted by Crippen LogP contribution is -2.39. The van der Waals surface area contributed by atoms with Gasteiger partial charge in [-0.3, -0.25) is 10.1 Å². The van der Waals surface area contributed by atoms with E-state index in [-0.39, 0.29) is 24.1 Å². The zero-order valence-corrected chi connectivity index (χ0v) is 19.5. The van der Waals surface area contributed by atoms with Gasteiger partial charge in [0.15, 0.2) is 0 Å². The lowest BCUT2D eigenvalue weighted by molar-refractivity contribution is -0.118. The Bertz CT molecular complexity index is 972. The zero-order chi connectivity index (χ0) is 23.5. The first kappa shape index (κ1) is 24.9. The van der Waals surface area contributed by atoms with Crippen molar-refractivity contribution in [2.24, 2.45) is 5.92 Å². The molecule has 0 bridgehead atoms.